The molecule has 0 saturated heterocycles. The number of nitrogens with zero attached hydrogens (tertiary/aromatic N) is 1. The highest BCUT2D eigenvalue weighted by atomic mass is 127. The van der Waals surface area contributed by atoms with Crippen molar-refractivity contribution in [3.05, 3.63) is 0 Å². The van der Waals surface area contributed by atoms with Crippen LogP contribution in [-0.2, 0) is 4.18 Å². The standard InChI is InChI=1S/C5H6INOS/c6-9-8-5-1-4(2-5)3-7/h4-5H,1-2H2. The van der Waals surface area contributed by atoms with Crippen molar-refractivity contribution in [1.82, 2.24) is 0 Å². The third kappa shape index (κ3) is 1.99. The molecule has 0 bridgehead atoms. The van der Waals surface area contributed by atoms with E-state index >= 15 is 0 Å². The number of hydrogen-bond acceptors (Lipinski definition) is 3. The van der Waals surface area contributed by atoms with E-state index < -0.39 is 0 Å². The maximum Gasteiger partial charge on any atom is 0.0757 e. The SMILES string of the molecule is N#CC1CC(OSI)C1. The highest BCUT2D eigenvalue weighted by Gasteiger charge is 2.29. The van der Waals surface area contributed by atoms with Crippen LogP contribution in [0.5, 0.6) is 0 Å². The Hall–Kier alpha value is 0.530. The molecule has 1 rings (SSSR count). The van der Waals surface area contributed by atoms with E-state index in [0.29, 0.717) is 6.10 Å². The first kappa shape index (κ1) is 7.63. The van der Waals surface area contributed by atoms with Crippen molar-refractivity contribution in [2.45, 2.75) is 18.9 Å². The van der Waals surface area contributed by atoms with Crippen LogP contribution in [0.1, 0.15) is 12.8 Å². The second-order valence-corrected chi connectivity index (χ2v) is 3.48. The van der Waals surface area contributed by atoms with Gasteiger partial charge in [0, 0.05) is 21.2 Å². The zero-order chi connectivity index (χ0) is 6.69. The van der Waals surface area contributed by atoms with Gasteiger partial charge in [-0.25, -0.2) is 0 Å². The van der Waals surface area contributed by atoms with Gasteiger partial charge in [-0.15, -0.1) is 0 Å². The van der Waals surface area contributed by atoms with Gasteiger partial charge in [0.15, 0.2) is 0 Å². The lowest BCUT2D eigenvalue weighted by Crippen LogP contribution is -2.27. The van der Waals surface area contributed by atoms with Crippen molar-refractivity contribution in [3.63, 3.8) is 0 Å². The Balaban J connectivity index is 2.06. The highest BCUT2D eigenvalue weighted by Crippen LogP contribution is 2.33. The Labute approximate surface area is 70.7 Å². The Morgan fingerprint density at radius 2 is 2.33 bits per heavy atom. The van der Waals surface area contributed by atoms with Crippen LogP contribution in [0.4, 0.5) is 0 Å². The summed E-state index contributed by atoms with van der Waals surface area (Å²) < 4.78 is 5.16. The van der Waals surface area contributed by atoms with Gasteiger partial charge < -0.3 is 4.18 Å². The highest BCUT2D eigenvalue weighted by molar-refractivity contribution is 14.2. The van der Waals surface area contributed by atoms with Gasteiger partial charge in [-0.05, 0) is 12.8 Å². The average molecular weight is 255 g/mol. The molecule has 1 aliphatic rings. The summed E-state index contributed by atoms with van der Waals surface area (Å²) in [5, 5.41) is 8.36. The van der Waals surface area contributed by atoms with E-state index in [-0.39, 0.29) is 5.92 Å². The van der Waals surface area contributed by atoms with Crippen molar-refractivity contribution in [3.8, 4) is 6.07 Å². The van der Waals surface area contributed by atoms with E-state index in [0.717, 1.165) is 12.8 Å². The molecule has 2 nitrogen and oxygen atoms in total. The molecule has 1 saturated carbocycles. The van der Waals surface area contributed by atoms with E-state index in [1.807, 2.05) is 0 Å². The molecular weight excluding hydrogens is 249 g/mol. The van der Waals surface area contributed by atoms with E-state index in [1.54, 1.807) is 0 Å². The van der Waals surface area contributed by atoms with E-state index in [4.69, 9.17) is 9.44 Å². The van der Waals surface area contributed by atoms with Gasteiger partial charge in [0.25, 0.3) is 0 Å². The minimum absolute atomic E-state index is 0.263. The molecule has 0 aromatic carbocycles. The first-order valence-corrected chi connectivity index (χ1v) is 5.99. The predicted molar refractivity (Wildman–Crippen MR) is 44.8 cm³/mol. The Bertz CT molecular complexity index is 129. The number of nitriles is 1. The number of halogens is 1. The van der Waals surface area contributed by atoms with Gasteiger partial charge in [-0.1, -0.05) is 0 Å². The zero-order valence-corrected chi connectivity index (χ0v) is 7.68. The molecule has 1 fully saturated rings. The topological polar surface area (TPSA) is 33.0 Å². The summed E-state index contributed by atoms with van der Waals surface area (Å²) in [6.07, 6.45) is 2.19. The summed E-state index contributed by atoms with van der Waals surface area (Å²) in [5.41, 5.74) is 0. The van der Waals surface area contributed by atoms with E-state index in [1.165, 1.54) is 9.21 Å². The molecule has 1 aliphatic carbocycles. The summed E-state index contributed by atoms with van der Waals surface area (Å²) in [4.78, 5) is 0. The van der Waals surface area contributed by atoms with Gasteiger partial charge in [0.2, 0.25) is 0 Å². The Kier molecular flexibility index (Phi) is 3.09. The fraction of sp³-hybridized carbons (Fsp3) is 0.800. The molecule has 0 aromatic rings. The summed E-state index contributed by atoms with van der Waals surface area (Å²) in [7, 11) is 1.36. The normalized spacial score (nSPS) is 32.9. The lowest BCUT2D eigenvalue weighted by atomic mass is 9.84. The molecule has 0 radical (unpaired) electrons. The van der Waals surface area contributed by atoms with Crippen molar-refractivity contribution < 1.29 is 4.18 Å². The summed E-state index contributed by atoms with van der Waals surface area (Å²) in [5.74, 6) is 0.263. The van der Waals surface area contributed by atoms with Crippen molar-refractivity contribution in [1.29, 1.82) is 5.26 Å². The van der Waals surface area contributed by atoms with Crippen LogP contribution in [0.15, 0.2) is 0 Å². The van der Waals surface area contributed by atoms with Gasteiger partial charge >= 0.3 is 0 Å². The van der Waals surface area contributed by atoms with Gasteiger partial charge in [0.1, 0.15) is 0 Å². The summed E-state index contributed by atoms with van der Waals surface area (Å²) in [6, 6.07) is 2.20. The van der Waals surface area contributed by atoms with Crippen LogP contribution in [0.25, 0.3) is 0 Å². The average Bonchev–Trinajstić information content (AvgIpc) is 1.77. The molecule has 0 aromatic heterocycles. The minimum atomic E-state index is 0.263. The van der Waals surface area contributed by atoms with Gasteiger partial charge in [0.05, 0.1) is 27.3 Å². The molecule has 0 N–H and O–H groups in total. The molecule has 0 unspecified atom stereocenters. The van der Waals surface area contributed by atoms with Crippen molar-refractivity contribution >= 4 is 30.4 Å². The van der Waals surface area contributed by atoms with Crippen LogP contribution >= 0.6 is 30.4 Å². The Morgan fingerprint density at radius 3 is 2.78 bits per heavy atom. The molecule has 50 valence electrons. The fourth-order valence-corrected chi connectivity index (χ4v) is 1.94. The maximum absolute atomic E-state index is 8.36. The third-order valence-corrected chi connectivity index (χ3v) is 2.42. The first-order valence-electron chi connectivity index (χ1n) is 2.70. The first-order chi connectivity index (χ1) is 4.36. The molecule has 9 heavy (non-hydrogen) atoms. The monoisotopic (exact) mass is 255 g/mol. The smallest absolute Gasteiger partial charge is 0.0757 e. The van der Waals surface area contributed by atoms with Crippen LogP contribution < -0.4 is 0 Å². The largest absolute Gasteiger partial charge is 0.302 e. The maximum atomic E-state index is 8.36. The minimum Gasteiger partial charge on any atom is -0.302 e. The predicted octanol–water partition coefficient (Wildman–Crippen LogP) is 2.30. The molecule has 0 amide bonds. The Morgan fingerprint density at radius 1 is 1.67 bits per heavy atom. The zero-order valence-electron chi connectivity index (χ0n) is 4.71. The lowest BCUT2D eigenvalue weighted by Gasteiger charge is -2.28. The van der Waals surface area contributed by atoms with Gasteiger partial charge in [-0.2, -0.15) is 5.26 Å². The number of hydrogen-bond donors (Lipinski definition) is 0. The summed E-state index contributed by atoms with van der Waals surface area (Å²) in [6.45, 7) is 0. The molecule has 0 heterocycles. The molecule has 0 atom stereocenters. The molecule has 0 spiro atoms. The number of rotatable bonds is 2. The molecular formula is C5H6INOS. The van der Waals surface area contributed by atoms with Gasteiger partial charge in [-0.3, -0.25) is 0 Å². The quantitative estimate of drug-likeness (QED) is 0.560. The van der Waals surface area contributed by atoms with Crippen LogP contribution in [-0.4, -0.2) is 6.10 Å². The molecule has 0 aliphatic heterocycles. The second kappa shape index (κ2) is 3.64. The van der Waals surface area contributed by atoms with E-state index in [9.17, 15) is 0 Å². The fourth-order valence-electron chi connectivity index (χ4n) is 0.801. The van der Waals surface area contributed by atoms with E-state index in [2.05, 4.69) is 27.3 Å². The second-order valence-electron chi connectivity index (χ2n) is 2.08. The van der Waals surface area contributed by atoms with Crippen LogP contribution in [0.3, 0.4) is 0 Å². The van der Waals surface area contributed by atoms with Crippen molar-refractivity contribution in [2.75, 3.05) is 0 Å². The third-order valence-electron chi connectivity index (χ3n) is 1.45. The molecule has 4 heteroatoms. The lowest BCUT2D eigenvalue weighted by molar-refractivity contribution is 0.115. The van der Waals surface area contributed by atoms with Crippen LogP contribution in [0.2, 0.25) is 0 Å². The summed E-state index contributed by atoms with van der Waals surface area (Å²) >= 11 is 2.09. The van der Waals surface area contributed by atoms with Crippen LogP contribution in [0, 0.1) is 17.2 Å². The van der Waals surface area contributed by atoms with Crippen molar-refractivity contribution in [2.24, 2.45) is 5.92 Å².